The molecule has 0 radical (unpaired) electrons. The highest BCUT2D eigenvalue weighted by Crippen LogP contribution is 2.17. The van der Waals surface area contributed by atoms with E-state index in [2.05, 4.69) is 36.4 Å². The largest absolute Gasteiger partial charge is 0.378 e. The Labute approximate surface area is 194 Å². The number of morpholine rings is 1. The minimum atomic E-state index is -0.190. The normalized spacial score (nSPS) is 13.5. The van der Waals surface area contributed by atoms with Crippen LogP contribution in [0.25, 0.3) is 0 Å². The molecule has 7 nitrogen and oxygen atoms in total. The number of carbonyl (C=O) groups excluding carboxylic acids is 2. The molecule has 0 saturated carbocycles. The summed E-state index contributed by atoms with van der Waals surface area (Å²) >= 11 is 3.37. The monoisotopic (exact) mass is 494 g/mol. The number of anilines is 3. The molecule has 4 rings (SSSR count). The third-order valence-corrected chi connectivity index (χ3v) is 5.52. The molecule has 3 aromatic rings. The molecule has 0 unspecified atom stereocenters. The first-order chi connectivity index (χ1) is 15.6. The van der Waals surface area contributed by atoms with Crippen LogP contribution in [0.2, 0.25) is 0 Å². The van der Waals surface area contributed by atoms with Crippen LogP contribution in [0.4, 0.5) is 17.2 Å². The molecular weight excluding hydrogens is 472 g/mol. The molecule has 32 heavy (non-hydrogen) atoms. The minimum absolute atomic E-state index is 0.128. The van der Waals surface area contributed by atoms with Crippen LogP contribution in [0.1, 0.15) is 15.9 Å². The number of nitrogens with one attached hydrogen (secondary N) is 2. The lowest BCUT2D eigenvalue weighted by Gasteiger charge is -2.27. The maximum absolute atomic E-state index is 12.4. The fourth-order valence-electron chi connectivity index (χ4n) is 3.37. The highest BCUT2D eigenvalue weighted by Gasteiger charge is 2.13. The Balaban J connectivity index is 1.29. The second-order valence-electron chi connectivity index (χ2n) is 7.39. The number of aromatic nitrogens is 1. The van der Waals surface area contributed by atoms with Gasteiger partial charge < -0.3 is 20.3 Å². The number of hydrogen-bond acceptors (Lipinski definition) is 5. The van der Waals surface area contributed by atoms with Crippen molar-refractivity contribution >= 4 is 44.9 Å². The average Bonchev–Trinajstić information content (AvgIpc) is 2.81. The maximum Gasteiger partial charge on any atom is 0.255 e. The van der Waals surface area contributed by atoms with Crippen LogP contribution in [-0.2, 0) is 16.0 Å². The summed E-state index contributed by atoms with van der Waals surface area (Å²) in [6.07, 6.45) is 1.90. The molecule has 1 aromatic heterocycles. The van der Waals surface area contributed by atoms with Gasteiger partial charge in [0.15, 0.2) is 0 Å². The van der Waals surface area contributed by atoms with Gasteiger partial charge in [0.2, 0.25) is 5.91 Å². The second kappa shape index (κ2) is 10.4. The number of pyridine rings is 1. The van der Waals surface area contributed by atoms with E-state index in [0.717, 1.165) is 28.9 Å². The molecule has 164 valence electrons. The third kappa shape index (κ3) is 5.93. The number of amides is 2. The van der Waals surface area contributed by atoms with Crippen molar-refractivity contribution in [1.29, 1.82) is 0 Å². The molecule has 2 N–H and O–H groups in total. The number of ether oxygens (including phenoxy) is 1. The van der Waals surface area contributed by atoms with Gasteiger partial charge in [-0.3, -0.25) is 9.59 Å². The third-order valence-electron chi connectivity index (χ3n) is 5.03. The van der Waals surface area contributed by atoms with Crippen LogP contribution in [0, 0.1) is 0 Å². The van der Waals surface area contributed by atoms with Crippen molar-refractivity contribution in [2.24, 2.45) is 0 Å². The molecule has 0 aliphatic carbocycles. The van der Waals surface area contributed by atoms with E-state index in [0.29, 0.717) is 30.2 Å². The Morgan fingerprint density at radius 1 is 0.969 bits per heavy atom. The first-order valence-electron chi connectivity index (χ1n) is 10.3. The average molecular weight is 495 g/mol. The van der Waals surface area contributed by atoms with Crippen molar-refractivity contribution in [3.8, 4) is 0 Å². The number of carbonyl (C=O) groups is 2. The zero-order valence-corrected chi connectivity index (χ0v) is 19.0. The van der Waals surface area contributed by atoms with Crippen molar-refractivity contribution in [3.05, 3.63) is 82.5 Å². The highest BCUT2D eigenvalue weighted by atomic mass is 79.9. The highest BCUT2D eigenvalue weighted by molar-refractivity contribution is 9.10. The Hall–Kier alpha value is -3.23. The zero-order valence-electron chi connectivity index (χ0n) is 17.4. The number of halogens is 1. The molecule has 2 heterocycles. The molecular formula is C24H23BrN4O3. The standard InChI is InChI=1S/C24H23BrN4O3/c25-19-3-1-2-18(15-19)24(31)28-20-6-4-17(5-7-20)14-23(30)27-21-8-9-22(26-16-21)29-10-12-32-13-11-29/h1-9,15-16H,10-14H2,(H,27,30)(H,28,31). The fraction of sp³-hybridized carbons (Fsp3) is 0.208. The van der Waals surface area contributed by atoms with Gasteiger partial charge in [-0.2, -0.15) is 0 Å². The summed E-state index contributed by atoms with van der Waals surface area (Å²) in [5, 5.41) is 5.73. The summed E-state index contributed by atoms with van der Waals surface area (Å²) in [4.78, 5) is 31.4. The van der Waals surface area contributed by atoms with Gasteiger partial charge in [-0.1, -0.05) is 34.1 Å². The van der Waals surface area contributed by atoms with Gasteiger partial charge in [-0.05, 0) is 48.0 Å². The van der Waals surface area contributed by atoms with Crippen LogP contribution in [-0.4, -0.2) is 43.1 Å². The zero-order chi connectivity index (χ0) is 22.3. The summed E-state index contributed by atoms with van der Waals surface area (Å²) in [5.74, 6) is 0.563. The van der Waals surface area contributed by atoms with E-state index < -0.39 is 0 Å². The fourth-order valence-corrected chi connectivity index (χ4v) is 3.77. The van der Waals surface area contributed by atoms with E-state index in [4.69, 9.17) is 4.74 Å². The first kappa shape index (κ1) is 22.0. The summed E-state index contributed by atoms with van der Waals surface area (Å²) < 4.78 is 6.20. The SMILES string of the molecule is O=C(Cc1ccc(NC(=O)c2cccc(Br)c2)cc1)Nc1ccc(N2CCOCC2)nc1. The van der Waals surface area contributed by atoms with Gasteiger partial charge in [0.05, 0.1) is 31.5 Å². The van der Waals surface area contributed by atoms with Gasteiger partial charge in [-0.25, -0.2) is 4.98 Å². The van der Waals surface area contributed by atoms with Gasteiger partial charge in [0.1, 0.15) is 5.82 Å². The summed E-state index contributed by atoms with van der Waals surface area (Å²) in [6, 6.07) is 18.2. The molecule has 2 aromatic carbocycles. The molecule has 2 amide bonds. The van der Waals surface area contributed by atoms with E-state index in [1.54, 1.807) is 30.5 Å². The van der Waals surface area contributed by atoms with Gasteiger partial charge in [0, 0.05) is 28.8 Å². The van der Waals surface area contributed by atoms with Gasteiger partial charge in [-0.15, -0.1) is 0 Å². The van der Waals surface area contributed by atoms with Crippen LogP contribution in [0.5, 0.6) is 0 Å². The van der Waals surface area contributed by atoms with Crippen LogP contribution >= 0.6 is 15.9 Å². The molecule has 1 aliphatic rings. The number of nitrogens with zero attached hydrogens (tertiary/aromatic N) is 2. The van der Waals surface area contributed by atoms with Crippen molar-refractivity contribution in [2.75, 3.05) is 41.8 Å². The summed E-state index contributed by atoms with van der Waals surface area (Å²) in [6.45, 7) is 3.04. The second-order valence-corrected chi connectivity index (χ2v) is 8.31. The molecule has 1 aliphatic heterocycles. The van der Waals surface area contributed by atoms with Crippen LogP contribution in [0.15, 0.2) is 71.3 Å². The Morgan fingerprint density at radius 2 is 1.72 bits per heavy atom. The number of rotatable bonds is 6. The summed E-state index contributed by atoms with van der Waals surface area (Å²) in [7, 11) is 0. The Bertz CT molecular complexity index is 1080. The molecule has 0 atom stereocenters. The van der Waals surface area contributed by atoms with Crippen molar-refractivity contribution in [3.63, 3.8) is 0 Å². The number of hydrogen-bond donors (Lipinski definition) is 2. The van der Waals surface area contributed by atoms with E-state index in [1.807, 2.05) is 36.4 Å². The lowest BCUT2D eigenvalue weighted by Crippen LogP contribution is -2.36. The quantitative estimate of drug-likeness (QED) is 0.538. The maximum atomic E-state index is 12.4. The van der Waals surface area contributed by atoms with E-state index in [1.165, 1.54) is 0 Å². The van der Waals surface area contributed by atoms with Crippen molar-refractivity contribution in [2.45, 2.75) is 6.42 Å². The summed E-state index contributed by atoms with van der Waals surface area (Å²) in [5.41, 5.74) is 2.74. The number of benzene rings is 2. The van der Waals surface area contributed by atoms with Crippen molar-refractivity contribution < 1.29 is 14.3 Å². The first-order valence-corrected chi connectivity index (χ1v) is 11.1. The van der Waals surface area contributed by atoms with Crippen molar-refractivity contribution in [1.82, 2.24) is 4.98 Å². The molecule has 0 bridgehead atoms. The predicted octanol–water partition coefficient (Wildman–Crippen LogP) is 4.11. The van der Waals surface area contributed by atoms with E-state index >= 15 is 0 Å². The predicted molar refractivity (Wildman–Crippen MR) is 128 cm³/mol. The topological polar surface area (TPSA) is 83.6 Å². The molecule has 1 saturated heterocycles. The molecule has 0 spiro atoms. The Kier molecular flexibility index (Phi) is 7.14. The van der Waals surface area contributed by atoms with E-state index in [-0.39, 0.29) is 18.2 Å². The van der Waals surface area contributed by atoms with E-state index in [9.17, 15) is 9.59 Å². The smallest absolute Gasteiger partial charge is 0.255 e. The van der Waals surface area contributed by atoms with Gasteiger partial charge >= 0.3 is 0 Å². The molecule has 8 heteroatoms. The van der Waals surface area contributed by atoms with Crippen LogP contribution < -0.4 is 15.5 Å². The lowest BCUT2D eigenvalue weighted by atomic mass is 10.1. The minimum Gasteiger partial charge on any atom is -0.378 e. The lowest BCUT2D eigenvalue weighted by molar-refractivity contribution is -0.115. The Morgan fingerprint density at radius 3 is 2.41 bits per heavy atom. The molecule has 1 fully saturated rings. The van der Waals surface area contributed by atoms with Gasteiger partial charge in [0.25, 0.3) is 5.91 Å². The van der Waals surface area contributed by atoms with Crippen LogP contribution in [0.3, 0.4) is 0 Å².